The van der Waals surface area contributed by atoms with Crippen molar-refractivity contribution in [2.24, 2.45) is 11.7 Å². The van der Waals surface area contributed by atoms with Gasteiger partial charge in [0.1, 0.15) is 0 Å². The molecule has 0 saturated carbocycles. The van der Waals surface area contributed by atoms with Gasteiger partial charge in [-0.1, -0.05) is 15.9 Å². The van der Waals surface area contributed by atoms with Gasteiger partial charge in [-0.2, -0.15) is 0 Å². The van der Waals surface area contributed by atoms with Gasteiger partial charge in [-0.05, 0) is 43.9 Å². The predicted molar refractivity (Wildman–Crippen MR) is 92.4 cm³/mol. The summed E-state index contributed by atoms with van der Waals surface area (Å²) in [6.07, 6.45) is 2.00. The molecule has 0 bridgehead atoms. The van der Waals surface area contributed by atoms with Gasteiger partial charge in [0.05, 0.1) is 11.2 Å². The van der Waals surface area contributed by atoms with Crippen LogP contribution in [0.15, 0.2) is 22.7 Å². The number of hydrogen-bond acceptors (Lipinski definition) is 5. The van der Waals surface area contributed by atoms with Crippen LogP contribution in [0.4, 0.5) is 5.69 Å². The topological polar surface area (TPSA) is 90.1 Å². The Labute approximate surface area is 142 Å². The van der Waals surface area contributed by atoms with Gasteiger partial charge in [-0.15, -0.1) is 10.2 Å². The third-order valence-electron chi connectivity index (χ3n) is 4.30. The molecule has 0 aliphatic carbocycles. The first-order valence-electron chi connectivity index (χ1n) is 7.66. The molecule has 2 aromatic rings. The lowest BCUT2D eigenvalue weighted by Crippen LogP contribution is -2.32. The van der Waals surface area contributed by atoms with Crippen molar-refractivity contribution in [3.05, 3.63) is 28.4 Å². The summed E-state index contributed by atoms with van der Waals surface area (Å²) in [7, 11) is 0. The van der Waals surface area contributed by atoms with E-state index in [-0.39, 0.29) is 11.7 Å². The number of benzene rings is 1. The molecule has 1 aliphatic rings. The summed E-state index contributed by atoms with van der Waals surface area (Å²) in [4.78, 5) is 11.8. The molecular formula is C16H19BrN4O2. The van der Waals surface area contributed by atoms with E-state index in [1.807, 2.05) is 18.2 Å². The van der Waals surface area contributed by atoms with Crippen LogP contribution in [0.25, 0.3) is 10.9 Å². The number of ether oxygens (including phenoxy) is 1. The number of fused-ring (bicyclic) bond motifs is 1. The number of hydrogen-bond donors (Lipinski definition) is 2. The van der Waals surface area contributed by atoms with E-state index in [9.17, 15) is 4.79 Å². The zero-order valence-electron chi connectivity index (χ0n) is 12.9. The lowest BCUT2D eigenvalue weighted by Gasteiger charge is -2.29. The zero-order chi connectivity index (χ0) is 16.4. The summed E-state index contributed by atoms with van der Waals surface area (Å²) >= 11 is 3.46. The summed E-state index contributed by atoms with van der Waals surface area (Å²) in [5.74, 6) is -0.0964. The van der Waals surface area contributed by atoms with Crippen LogP contribution in [0.3, 0.4) is 0 Å². The number of nitrogens with one attached hydrogen (secondary N) is 1. The fourth-order valence-corrected chi connectivity index (χ4v) is 3.32. The first kappa shape index (κ1) is 16.1. The average Bonchev–Trinajstić information content (AvgIpc) is 2.55. The number of amides is 1. The number of carbonyl (C=O) groups excluding carboxylic acids is 1. The number of halogens is 1. The Balaban J connectivity index is 2.00. The Morgan fingerprint density at radius 3 is 2.83 bits per heavy atom. The molecule has 1 aliphatic heterocycles. The van der Waals surface area contributed by atoms with E-state index in [0.717, 1.165) is 41.4 Å². The van der Waals surface area contributed by atoms with Crippen molar-refractivity contribution in [1.82, 2.24) is 10.2 Å². The van der Waals surface area contributed by atoms with Crippen molar-refractivity contribution in [2.75, 3.05) is 18.5 Å². The molecule has 1 amide bonds. The first-order chi connectivity index (χ1) is 11.1. The molecule has 1 aromatic carbocycles. The van der Waals surface area contributed by atoms with Crippen LogP contribution < -0.4 is 11.1 Å². The number of nitrogens with zero attached hydrogens (tertiary/aromatic N) is 2. The highest BCUT2D eigenvalue weighted by molar-refractivity contribution is 9.10. The van der Waals surface area contributed by atoms with Gasteiger partial charge in [0.25, 0.3) is 5.91 Å². The fourth-order valence-electron chi connectivity index (χ4n) is 2.96. The highest BCUT2D eigenvalue weighted by Crippen LogP contribution is 2.30. The molecule has 0 spiro atoms. The molecule has 2 heterocycles. The van der Waals surface area contributed by atoms with Crippen molar-refractivity contribution in [1.29, 1.82) is 0 Å². The maximum absolute atomic E-state index is 11.8. The molecule has 7 heteroatoms. The Bertz CT molecular complexity index is 731. The fraction of sp³-hybridized carbons (Fsp3) is 0.438. The van der Waals surface area contributed by atoms with Crippen LogP contribution in [0.5, 0.6) is 0 Å². The SMILES string of the molecule is C[C@H](Nc1c(C(N)=O)nnc2ccc(Br)cc12)C1CCOCC1. The highest BCUT2D eigenvalue weighted by atomic mass is 79.9. The monoisotopic (exact) mass is 378 g/mol. The normalized spacial score (nSPS) is 17.1. The van der Waals surface area contributed by atoms with E-state index in [4.69, 9.17) is 10.5 Å². The smallest absolute Gasteiger partial charge is 0.271 e. The highest BCUT2D eigenvalue weighted by Gasteiger charge is 2.23. The van der Waals surface area contributed by atoms with E-state index >= 15 is 0 Å². The molecule has 1 atom stereocenters. The van der Waals surface area contributed by atoms with E-state index in [1.54, 1.807) is 0 Å². The first-order valence-corrected chi connectivity index (χ1v) is 8.45. The van der Waals surface area contributed by atoms with Crippen LogP contribution in [0, 0.1) is 5.92 Å². The second kappa shape index (κ2) is 6.80. The van der Waals surface area contributed by atoms with E-state index < -0.39 is 5.91 Å². The van der Waals surface area contributed by atoms with Crippen molar-refractivity contribution in [2.45, 2.75) is 25.8 Å². The van der Waals surface area contributed by atoms with Gasteiger partial charge in [-0.25, -0.2) is 0 Å². The second-order valence-corrected chi connectivity index (χ2v) is 6.75. The Hall–Kier alpha value is -1.73. The minimum atomic E-state index is -0.582. The molecule has 6 nitrogen and oxygen atoms in total. The molecule has 0 radical (unpaired) electrons. The molecule has 122 valence electrons. The number of rotatable bonds is 4. The summed E-state index contributed by atoms with van der Waals surface area (Å²) < 4.78 is 6.33. The second-order valence-electron chi connectivity index (χ2n) is 5.83. The van der Waals surface area contributed by atoms with Gasteiger partial charge < -0.3 is 15.8 Å². The van der Waals surface area contributed by atoms with Crippen molar-refractivity contribution in [3.8, 4) is 0 Å². The zero-order valence-corrected chi connectivity index (χ0v) is 14.5. The Kier molecular flexibility index (Phi) is 4.77. The molecule has 23 heavy (non-hydrogen) atoms. The molecule has 3 rings (SSSR count). The third kappa shape index (κ3) is 3.45. The van der Waals surface area contributed by atoms with Crippen molar-refractivity contribution < 1.29 is 9.53 Å². The maximum atomic E-state index is 11.8. The van der Waals surface area contributed by atoms with Crippen LogP contribution in [-0.2, 0) is 4.74 Å². The molecule has 1 saturated heterocycles. The summed E-state index contributed by atoms with van der Waals surface area (Å²) in [5, 5.41) is 12.4. The summed E-state index contributed by atoms with van der Waals surface area (Å²) in [6.45, 7) is 3.67. The summed E-state index contributed by atoms with van der Waals surface area (Å²) in [5.41, 5.74) is 7.04. The number of aromatic nitrogens is 2. The van der Waals surface area contributed by atoms with E-state index in [2.05, 4.69) is 38.4 Å². The van der Waals surface area contributed by atoms with Crippen LogP contribution in [-0.4, -0.2) is 35.4 Å². The largest absolute Gasteiger partial charge is 0.381 e. The van der Waals surface area contributed by atoms with Gasteiger partial charge >= 0.3 is 0 Å². The molecular weight excluding hydrogens is 360 g/mol. The van der Waals surface area contributed by atoms with Gasteiger partial charge in [-0.3, -0.25) is 4.79 Å². The van der Waals surface area contributed by atoms with Crippen LogP contribution >= 0.6 is 15.9 Å². The molecule has 1 fully saturated rings. The molecule has 0 unspecified atom stereocenters. The van der Waals surface area contributed by atoms with Crippen molar-refractivity contribution in [3.63, 3.8) is 0 Å². The summed E-state index contributed by atoms with van der Waals surface area (Å²) in [6, 6.07) is 5.87. The maximum Gasteiger partial charge on any atom is 0.271 e. The van der Waals surface area contributed by atoms with E-state index in [1.165, 1.54) is 0 Å². The van der Waals surface area contributed by atoms with Gasteiger partial charge in [0.2, 0.25) is 0 Å². The number of nitrogens with two attached hydrogens (primary N) is 1. The van der Waals surface area contributed by atoms with Gasteiger partial charge in [0.15, 0.2) is 5.69 Å². The Morgan fingerprint density at radius 2 is 2.13 bits per heavy atom. The van der Waals surface area contributed by atoms with Crippen LogP contribution in [0.1, 0.15) is 30.3 Å². The quantitative estimate of drug-likeness (QED) is 0.853. The lowest BCUT2D eigenvalue weighted by molar-refractivity contribution is 0.0622. The van der Waals surface area contributed by atoms with Gasteiger partial charge in [0, 0.05) is 29.1 Å². The number of anilines is 1. The average molecular weight is 379 g/mol. The third-order valence-corrected chi connectivity index (χ3v) is 4.79. The predicted octanol–water partition coefficient (Wildman–Crippen LogP) is 2.72. The Morgan fingerprint density at radius 1 is 1.39 bits per heavy atom. The van der Waals surface area contributed by atoms with Crippen molar-refractivity contribution >= 4 is 38.4 Å². The number of primary amides is 1. The molecule has 3 N–H and O–H groups in total. The molecule has 1 aromatic heterocycles. The lowest BCUT2D eigenvalue weighted by atomic mass is 9.92. The standard InChI is InChI=1S/C16H19BrN4O2/c1-9(10-4-6-23-7-5-10)19-14-12-8-11(17)2-3-13(12)20-21-15(14)16(18)22/h2-3,8-10H,4-7H2,1H3,(H2,18,22)(H,19,20)/t9-/m0/s1. The van der Waals surface area contributed by atoms with Crippen LogP contribution in [0.2, 0.25) is 0 Å². The van der Waals surface area contributed by atoms with E-state index in [0.29, 0.717) is 11.6 Å². The number of carbonyl (C=O) groups is 1. The minimum absolute atomic E-state index is 0.175. The minimum Gasteiger partial charge on any atom is -0.381 e.